The molecule has 3 heteroatoms. The van der Waals surface area contributed by atoms with Gasteiger partial charge in [-0.15, -0.1) is 0 Å². The number of nitrogens with zero attached hydrogens (tertiary/aromatic N) is 1. The Morgan fingerprint density at radius 1 is 1.50 bits per heavy atom. The average molecular weight is 193 g/mol. The summed E-state index contributed by atoms with van der Waals surface area (Å²) in [5, 5.41) is 9.27. The molecule has 1 atom stereocenters. The van der Waals surface area contributed by atoms with Crippen molar-refractivity contribution >= 4 is 0 Å². The molecular weight excluding hydrogens is 178 g/mol. The van der Waals surface area contributed by atoms with Crippen molar-refractivity contribution in [3.8, 4) is 0 Å². The van der Waals surface area contributed by atoms with Gasteiger partial charge in [0, 0.05) is 23.7 Å². The number of rotatable bonds is 4. The number of hydrogen-bond acceptors (Lipinski definition) is 3. The molecule has 0 saturated carbocycles. The van der Waals surface area contributed by atoms with Gasteiger partial charge in [0.1, 0.15) is 0 Å². The third-order valence-corrected chi connectivity index (χ3v) is 2.65. The van der Waals surface area contributed by atoms with E-state index < -0.39 is 0 Å². The Morgan fingerprint density at radius 3 is 2.86 bits per heavy atom. The highest BCUT2D eigenvalue weighted by molar-refractivity contribution is 5.09. The molecule has 0 aromatic carbocycles. The number of hydrogen-bond donors (Lipinski definition) is 1. The summed E-state index contributed by atoms with van der Waals surface area (Å²) in [5.74, 6) is 0.777. The van der Waals surface area contributed by atoms with Crippen LogP contribution in [0.1, 0.15) is 18.0 Å². The molecule has 3 nitrogen and oxygen atoms in total. The molecule has 1 aromatic rings. The van der Waals surface area contributed by atoms with Crippen molar-refractivity contribution in [1.82, 2.24) is 4.98 Å². The summed E-state index contributed by atoms with van der Waals surface area (Å²) in [5.41, 5.74) is 0.988. The van der Waals surface area contributed by atoms with Gasteiger partial charge in [0.2, 0.25) is 0 Å². The van der Waals surface area contributed by atoms with Crippen LogP contribution >= 0.6 is 0 Å². The van der Waals surface area contributed by atoms with E-state index in [1.165, 1.54) is 0 Å². The third kappa shape index (κ3) is 2.11. The molecule has 0 radical (unpaired) electrons. The molecule has 0 aliphatic carbocycles. The summed E-state index contributed by atoms with van der Waals surface area (Å²) in [6.07, 6.45) is 2.75. The Morgan fingerprint density at radius 2 is 2.36 bits per heavy atom. The van der Waals surface area contributed by atoms with Gasteiger partial charge in [-0.25, -0.2) is 0 Å². The van der Waals surface area contributed by atoms with Gasteiger partial charge < -0.3 is 9.84 Å². The molecule has 14 heavy (non-hydrogen) atoms. The van der Waals surface area contributed by atoms with Crippen LogP contribution in [0.15, 0.2) is 24.4 Å². The summed E-state index contributed by atoms with van der Waals surface area (Å²) >= 11 is 0. The maximum atomic E-state index is 9.27. The number of aromatic nitrogens is 1. The molecule has 76 valence electrons. The van der Waals surface area contributed by atoms with Crippen LogP contribution in [0.25, 0.3) is 0 Å². The van der Waals surface area contributed by atoms with E-state index in [9.17, 15) is 5.11 Å². The smallest absolute Gasteiger partial charge is 0.0516 e. The van der Waals surface area contributed by atoms with Crippen molar-refractivity contribution in [1.29, 1.82) is 0 Å². The van der Waals surface area contributed by atoms with Crippen molar-refractivity contribution in [2.24, 2.45) is 5.92 Å². The normalized spacial score (nSPS) is 18.9. The largest absolute Gasteiger partial charge is 0.396 e. The minimum Gasteiger partial charge on any atom is -0.396 e. The SMILES string of the molecule is OCC(CC1COC1)c1ccccn1. The molecule has 1 aliphatic rings. The second-order valence-electron chi connectivity index (χ2n) is 3.77. The molecule has 1 aliphatic heterocycles. The Bertz CT molecular complexity index is 272. The number of aliphatic hydroxyl groups excluding tert-OH is 1. The summed E-state index contributed by atoms with van der Waals surface area (Å²) in [7, 11) is 0. The van der Waals surface area contributed by atoms with E-state index in [-0.39, 0.29) is 12.5 Å². The zero-order chi connectivity index (χ0) is 9.80. The van der Waals surface area contributed by atoms with Gasteiger partial charge in [-0.05, 0) is 18.6 Å². The van der Waals surface area contributed by atoms with Crippen LogP contribution in [0.5, 0.6) is 0 Å². The van der Waals surface area contributed by atoms with Gasteiger partial charge in [0.15, 0.2) is 0 Å². The van der Waals surface area contributed by atoms with E-state index >= 15 is 0 Å². The third-order valence-electron chi connectivity index (χ3n) is 2.65. The monoisotopic (exact) mass is 193 g/mol. The van der Waals surface area contributed by atoms with Crippen molar-refractivity contribution in [2.75, 3.05) is 19.8 Å². The molecule has 0 amide bonds. The van der Waals surface area contributed by atoms with E-state index in [1.54, 1.807) is 6.20 Å². The Balaban J connectivity index is 1.98. The summed E-state index contributed by atoms with van der Waals surface area (Å²) in [6, 6.07) is 5.83. The fraction of sp³-hybridized carbons (Fsp3) is 0.545. The van der Waals surface area contributed by atoms with Crippen molar-refractivity contribution in [2.45, 2.75) is 12.3 Å². The van der Waals surface area contributed by atoms with Gasteiger partial charge in [-0.3, -0.25) is 4.98 Å². The number of ether oxygens (including phenoxy) is 1. The van der Waals surface area contributed by atoms with Crippen LogP contribution in [0, 0.1) is 5.92 Å². The first kappa shape index (κ1) is 9.62. The molecule has 2 rings (SSSR count). The standard InChI is InChI=1S/C11H15NO2/c13-6-10(5-9-7-14-8-9)11-3-1-2-4-12-11/h1-4,9-10,13H,5-8H2. The van der Waals surface area contributed by atoms with Gasteiger partial charge in [0.05, 0.1) is 19.8 Å². The topological polar surface area (TPSA) is 42.4 Å². The lowest BCUT2D eigenvalue weighted by atomic mass is 9.91. The molecule has 0 spiro atoms. The lowest BCUT2D eigenvalue weighted by Crippen LogP contribution is -2.29. The van der Waals surface area contributed by atoms with Crippen LogP contribution in [0.4, 0.5) is 0 Å². The first-order valence-electron chi connectivity index (χ1n) is 4.99. The maximum Gasteiger partial charge on any atom is 0.0516 e. The first-order chi connectivity index (χ1) is 6.90. The fourth-order valence-corrected chi connectivity index (χ4v) is 1.73. The van der Waals surface area contributed by atoms with E-state index in [4.69, 9.17) is 4.74 Å². The molecular formula is C11H15NO2. The second-order valence-corrected chi connectivity index (χ2v) is 3.77. The highest BCUT2D eigenvalue weighted by Crippen LogP contribution is 2.25. The molecule has 1 N–H and O–H groups in total. The van der Waals surface area contributed by atoms with Crippen molar-refractivity contribution < 1.29 is 9.84 Å². The van der Waals surface area contributed by atoms with Crippen LogP contribution in [0.3, 0.4) is 0 Å². The highest BCUT2D eigenvalue weighted by Gasteiger charge is 2.23. The minimum absolute atomic E-state index is 0.171. The molecule has 1 aromatic heterocycles. The Hall–Kier alpha value is -0.930. The van der Waals surface area contributed by atoms with E-state index in [2.05, 4.69) is 4.98 Å². The second kappa shape index (κ2) is 4.53. The Kier molecular flexibility index (Phi) is 3.11. The van der Waals surface area contributed by atoms with E-state index in [0.717, 1.165) is 25.3 Å². The highest BCUT2D eigenvalue weighted by atomic mass is 16.5. The fourth-order valence-electron chi connectivity index (χ4n) is 1.73. The molecule has 2 heterocycles. The first-order valence-corrected chi connectivity index (χ1v) is 4.99. The minimum atomic E-state index is 0.171. The van der Waals surface area contributed by atoms with Crippen molar-refractivity contribution in [3.05, 3.63) is 30.1 Å². The summed E-state index contributed by atoms with van der Waals surface area (Å²) in [4.78, 5) is 4.26. The van der Waals surface area contributed by atoms with Crippen LogP contribution in [0.2, 0.25) is 0 Å². The number of pyridine rings is 1. The van der Waals surface area contributed by atoms with Gasteiger partial charge in [-0.1, -0.05) is 6.07 Å². The predicted molar refractivity (Wildman–Crippen MR) is 53.0 cm³/mol. The maximum absolute atomic E-state index is 9.27. The Labute approximate surface area is 83.7 Å². The molecule has 1 saturated heterocycles. The molecule has 0 bridgehead atoms. The predicted octanol–water partition coefficient (Wildman–Crippen LogP) is 1.19. The number of aliphatic hydroxyl groups is 1. The molecule has 1 fully saturated rings. The van der Waals surface area contributed by atoms with Crippen LogP contribution < -0.4 is 0 Å². The zero-order valence-corrected chi connectivity index (χ0v) is 8.10. The zero-order valence-electron chi connectivity index (χ0n) is 8.10. The lowest BCUT2D eigenvalue weighted by molar-refractivity contribution is -0.0407. The van der Waals surface area contributed by atoms with Crippen LogP contribution in [-0.2, 0) is 4.74 Å². The van der Waals surface area contributed by atoms with E-state index in [1.807, 2.05) is 18.2 Å². The van der Waals surface area contributed by atoms with Crippen molar-refractivity contribution in [3.63, 3.8) is 0 Å². The summed E-state index contributed by atoms with van der Waals surface area (Å²) < 4.78 is 5.11. The van der Waals surface area contributed by atoms with Gasteiger partial charge >= 0.3 is 0 Å². The molecule has 1 unspecified atom stereocenters. The van der Waals surface area contributed by atoms with E-state index in [0.29, 0.717) is 5.92 Å². The van der Waals surface area contributed by atoms with Gasteiger partial charge in [0.25, 0.3) is 0 Å². The van der Waals surface area contributed by atoms with Crippen LogP contribution in [-0.4, -0.2) is 29.9 Å². The lowest BCUT2D eigenvalue weighted by Gasteiger charge is -2.28. The quantitative estimate of drug-likeness (QED) is 0.781. The average Bonchev–Trinajstić information content (AvgIpc) is 2.18. The van der Waals surface area contributed by atoms with Gasteiger partial charge in [-0.2, -0.15) is 0 Å². The summed E-state index contributed by atoms with van der Waals surface area (Å²) in [6.45, 7) is 1.85.